The zero-order valence-electron chi connectivity index (χ0n) is 10.8. The van der Waals surface area contributed by atoms with E-state index in [1.165, 1.54) is 30.3 Å². The zero-order valence-corrected chi connectivity index (χ0v) is 10.8. The van der Waals surface area contributed by atoms with Gasteiger partial charge in [-0.25, -0.2) is 4.79 Å². The first-order valence-electron chi connectivity index (χ1n) is 5.84. The highest BCUT2D eigenvalue weighted by Crippen LogP contribution is 2.39. The van der Waals surface area contributed by atoms with Crippen LogP contribution in [0.3, 0.4) is 0 Å². The molecule has 0 aliphatic carbocycles. The summed E-state index contributed by atoms with van der Waals surface area (Å²) in [5.41, 5.74) is -1.75. The summed E-state index contributed by atoms with van der Waals surface area (Å²) in [7, 11) is 0. The summed E-state index contributed by atoms with van der Waals surface area (Å²) >= 11 is 0. The molecular formula is C14H12F3NO2. The first kappa shape index (κ1) is 14.3. The van der Waals surface area contributed by atoms with Crippen LogP contribution < -0.4 is 0 Å². The smallest absolute Gasteiger partial charge is 0.399 e. The molecule has 20 heavy (non-hydrogen) atoms. The maximum Gasteiger partial charge on any atom is 0.399 e. The van der Waals surface area contributed by atoms with Crippen molar-refractivity contribution in [3.05, 3.63) is 41.6 Å². The lowest BCUT2D eigenvalue weighted by molar-refractivity contribution is -0.181. The van der Waals surface area contributed by atoms with Crippen LogP contribution in [-0.4, -0.2) is 22.2 Å². The number of pyridine rings is 1. The molecule has 0 aliphatic heterocycles. The molecule has 0 atom stereocenters. The van der Waals surface area contributed by atoms with Crippen molar-refractivity contribution >= 4 is 16.9 Å². The van der Waals surface area contributed by atoms with Gasteiger partial charge in [-0.2, -0.15) is 13.2 Å². The predicted octanol–water partition coefficient (Wildman–Crippen LogP) is 3.77. The number of alkyl halides is 3. The molecule has 106 valence electrons. The van der Waals surface area contributed by atoms with E-state index in [-0.39, 0.29) is 11.3 Å². The van der Waals surface area contributed by atoms with Crippen molar-refractivity contribution in [3.8, 4) is 0 Å². The number of nitrogens with zero attached hydrogens (tertiary/aromatic N) is 1. The van der Waals surface area contributed by atoms with E-state index in [0.29, 0.717) is 10.9 Å². The van der Waals surface area contributed by atoms with Crippen LogP contribution in [0.4, 0.5) is 13.2 Å². The molecule has 0 saturated carbocycles. The fourth-order valence-electron chi connectivity index (χ4n) is 1.75. The maximum atomic E-state index is 13.0. The summed E-state index contributed by atoms with van der Waals surface area (Å²) in [6, 6.07) is 6.85. The van der Waals surface area contributed by atoms with E-state index in [1.54, 1.807) is 0 Å². The minimum Gasteiger partial charge on any atom is -0.478 e. The van der Waals surface area contributed by atoms with Gasteiger partial charge in [0.15, 0.2) is 0 Å². The topological polar surface area (TPSA) is 50.2 Å². The molecule has 1 N–H and O–H groups in total. The summed E-state index contributed by atoms with van der Waals surface area (Å²) in [4.78, 5) is 14.8. The molecule has 3 nitrogen and oxygen atoms in total. The van der Waals surface area contributed by atoms with Gasteiger partial charge in [-0.05, 0) is 38.1 Å². The minimum absolute atomic E-state index is 0.0714. The first-order valence-corrected chi connectivity index (χ1v) is 5.84. The van der Waals surface area contributed by atoms with Gasteiger partial charge in [-0.1, -0.05) is 6.07 Å². The Balaban J connectivity index is 2.56. The first-order chi connectivity index (χ1) is 9.13. The van der Waals surface area contributed by atoms with E-state index >= 15 is 0 Å². The normalized spacial score (nSPS) is 12.7. The van der Waals surface area contributed by atoms with Gasteiger partial charge in [0.25, 0.3) is 0 Å². The lowest BCUT2D eigenvalue weighted by Crippen LogP contribution is -2.37. The SMILES string of the molecule is CC(C)(c1ccc2cc(C(=O)O)ccc2n1)C(F)(F)F. The molecule has 0 unspecified atom stereocenters. The van der Waals surface area contributed by atoms with Crippen molar-refractivity contribution in [2.75, 3.05) is 0 Å². The van der Waals surface area contributed by atoms with Crippen molar-refractivity contribution < 1.29 is 23.1 Å². The summed E-state index contributed by atoms with van der Waals surface area (Å²) in [5, 5.41) is 9.36. The summed E-state index contributed by atoms with van der Waals surface area (Å²) < 4.78 is 38.9. The number of hydrogen-bond acceptors (Lipinski definition) is 2. The van der Waals surface area contributed by atoms with Gasteiger partial charge in [0, 0.05) is 5.39 Å². The highest BCUT2D eigenvalue weighted by Gasteiger charge is 2.49. The van der Waals surface area contributed by atoms with Gasteiger partial charge in [-0.15, -0.1) is 0 Å². The van der Waals surface area contributed by atoms with Crippen LogP contribution >= 0.6 is 0 Å². The van der Waals surface area contributed by atoms with Gasteiger partial charge in [0.1, 0.15) is 5.41 Å². The van der Waals surface area contributed by atoms with Crippen LogP contribution in [0.1, 0.15) is 29.9 Å². The Morgan fingerprint density at radius 3 is 2.35 bits per heavy atom. The molecule has 0 spiro atoms. The molecule has 1 heterocycles. The number of rotatable bonds is 2. The van der Waals surface area contributed by atoms with Crippen LogP contribution in [0.15, 0.2) is 30.3 Å². The second-order valence-electron chi connectivity index (χ2n) is 5.03. The minimum atomic E-state index is -4.41. The lowest BCUT2D eigenvalue weighted by atomic mass is 9.87. The van der Waals surface area contributed by atoms with Crippen molar-refractivity contribution in [1.29, 1.82) is 0 Å². The van der Waals surface area contributed by atoms with Crippen LogP contribution in [-0.2, 0) is 5.41 Å². The molecule has 2 rings (SSSR count). The Morgan fingerprint density at radius 2 is 1.80 bits per heavy atom. The lowest BCUT2D eigenvalue weighted by Gasteiger charge is -2.27. The number of halogens is 3. The fourth-order valence-corrected chi connectivity index (χ4v) is 1.75. The molecule has 2 aromatic rings. The number of fused-ring (bicyclic) bond motifs is 1. The molecule has 0 saturated heterocycles. The molecule has 0 fully saturated rings. The van der Waals surface area contributed by atoms with Crippen molar-refractivity contribution in [1.82, 2.24) is 4.98 Å². The van der Waals surface area contributed by atoms with Crippen molar-refractivity contribution in [3.63, 3.8) is 0 Å². The predicted molar refractivity (Wildman–Crippen MR) is 67.8 cm³/mol. The highest BCUT2D eigenvalue weighted by atomic mass is 19.4. The van der Waals surface area contributed by atoms with E-state index < -0.39 is 17.6 Å². The maximum absolute atomic E-state index is 13.0. The van der Waals surface area contributed by atoms with Crippen LogP contribution in [0, 0.1) is 0 Å². The number of carboxylic acid groups (broad SMARTS) is 1. The zero-order chi connectivity index (χ0) is 15.1. The Bertz CT molecular complexity index is 678. The van der Waals surface area contributed by atoms with E-state index in [9.17, 15) is 18.0 Å². The summed E-state index contributed by atoms with van der Waals surface area (Å²) in [6.45, 7) is 2.12. The van der Waals surface area contributed by atoms with Gasteiger partial charge < -0.3 is 5.11 Å². The second kappa shape index (κ2) is 4.47. The fraction of sp³-hybridized carbons (Fsp3) is 0.286. The monoisotopic (exact) mass is 283 g/mol. The molecule has 1 aromatic heterocycles. The third-order valence-corrected chi connectivity index (χ3v) is 3.29. The standard InChI is InChI=1S/C14H12F3NO2/c1-13(2,14(15,16)17)11-6-4-8-7-9(12(19)20)3-5-10(8)18-11/h3-7H,1-2H3,(H,19,20). The average molecular weight is 283 g/mol. The molecule has 0 bridgehead atoms. The van der Waals surface area contributed by atoms with Crippen LogP contribution in [0.25, 0.3) is 10.9 Å². The number of carboxylic acids is 1. The molecule has 0 radical (unpaired) electrons. The Hall–Kier alpha value is -2.11. The Kier molecular flexibility index (Phi) is 3.20. The molecule has 6 heteroatoms. The van der Waals surface area contributed by atoms with E-state index in [4.69, 9.17) is 5.11 Å². The van der Waals surface area contributed by atoms with Crippen LogP contribution in [0.5, 0.6) is 0 Å². The van der Waals surface area contributed by atoms with E-state index in [0.717, 1.165) is 13.8 Å². The van der Waals surface area contributed by atoms with Gasteiger partial charge in [0.05, 0.1) is 16.8 Å². The molecule has 0 aliphatic rings. The van der Waals surface area contributed by atoms with Gasteiger partial charge in [-0.3, -0.25) is 4.98 Å². The number of aromatic carboxylic acids is 1. The molecule has 0 amide bonds. The van der Waals surface area contributed by atoms with Gasteiger partial charge >= 0.3 is 12.1 Å². The third-order valence-electron chi connectivity index (χ3n) is 3.29. The number of benzene rings is 1. The molecule has 1 aromatic carbocycles. The summed E-state index contributed by atoms with van der Waals surface area (Å²) in [5.74, 6) is -1.09. The van der Waals surface area contributed by atoms with E-state index in [1.807, 2.05) is 0 Å². The van der Waals surface area contributed by atoms with Crippen molar-refractivity contribution in [2.24, 2.45) is 0 Å². The van der Waals surface area contributed by atoms with Crippen molar-refractivity contribution in [2.45, 2.75) is 25.4 Å². The number of hydrogen-bond donors (Lipinski definition) is 1. The van der Waals surface area contributed by atoms with Gasteiger partial charge in [0.2, 0.25) is 0 Å². The number of aromatic nitrogens is 1. The molecular weight excluding hydrogens is 271 g/mol. The third kappa shape index (κ3) is 2.33. The Morgan fingerprint density at radius 1 is 1.15 bits per heavy atom. The number of carbonyl (C=O) groups is 1. The average Bonchev–Trinajstić information content (AvgIpc) is 2.36. The van der Waals surface area contributed by atoms with Crippen LogP contribution in [0.2, 0.25) is 0 Å². The summed E-state index contributed by atoms with van der Waals surface area (Å²) in [6.07, 6.45) is -4.41. The highest BCUT2D eigenvalue weighted by molar-refractivity contribution is 5.93. The quantitative estimate of drug-likeness (QED) is 0.912. The Labute approximate surface area is 113 Å². The van der Waals surface area contributed by atoms with E-state index in [2.05, 4.69) is 4.98 Å². The second-order valence-corrected chi connectivity index (χ2v) is 5.03. The largest absolute Gasteiger partial charge is 0.478 e.